The highest BCUT2D eigenvalue weighted by Crippen LogP contribution is 2.32. The lowest BCUT2D eigenvalue weighted by Crippen LogP contribution is -2.19. The van der Waals surface area contributed by atoms with Crippen molar-refractivity contribution in [2.75, 3.05) is 19.8 Å². The smallest absolute Gasteiger partial charge is 0.232 e. The molecule has 2 rings (SSSR count). The van der Waals surface area contributed by atoms with E-state index in [1.54, 1.807) is 0 Å². The van der Waals surface area contributed by atoms with Crippen molar-refractivity contribution in [3.63, 3.8) is 0 Å². The summed E-state index contributed by atoms with van der Waals surface area (Å²) in [6.45, 7) is 5.82. The Balaban J connectivity index is 2.01. The first kappa shape index (κ1) is 13.5. The lowest BCUT2D eigenvalue weighted by molar-refractivity contribution is 0.0952. The Morgan fingerprint density at radius 3 is 3.06 bits per heavy atom. The third-order valence-corrected chi connectivity index (χ3v) is 3.22. The topological polar surface area (TPSA) is 83.4 Å². The van der Waals surface area contributed by atoms with Crippen LogP contribution in [0.4, 0.5) is 0 Å². The predicted molar refractivity (Wildman–Crippen MR) is 65.1 cm³/mol. The number of hydrogen-bond acceptors (Lipinski definition) is 6. The lowest BCUT2D eigenvalue weighted by Gasteiger charge is -2.11. The number of nitrogens with two attached hydrogens (primary N) is 1. The van der Waals surface area contributed by atoms with Crippen LogP contribution in [0.15, 0.2) is 4.52 Å². The van der Waals surface area contributed by atoms with Crippen molar-refractivity contribution in [2.24, 2.45) is 5.73 Å². The normalized spacial score (nSPS) is 25.5. The van der Waals surface area contributed by atoms with Gasteiger partial charge in [-0.2, -0.15) is 4.98 Å². The van der Waals surface area contributed by atoms with Crippen LogP contribution in [-0.2, 0) is 9.47 Å². The van der Waals surface area contributed by atoms with Gasteiger partial charge in [0.15, 0.2) is 5.82 Å². The zero-order valence-corrected chi connectivity index (χ0v) is 11.0. The number of nitrogens with zero attached hydrogens (tertiary/aromatic N) is 2. The van der Waals surface area contributed by atoms with E-state index in [9.17, 15) is 0 Å². The molecule has 3 unspecified atom stereocenters. The number of rotatable bonds is 6. The van der Waals surface area contributed by atoms with Crippen molar-refractivity contribution in [3.8, 4) is 0 Å². The van der Waals surface area contributed by atoms with Crippen LogP contribution in [0.1, 0.15) is 50.4 Å². The van der Waals surface area contributed by atoms with E-state index in [4.69, 9.17) is 19.7 Å². The quantitative estimate of drug-likeness (QED) is 0.827. The summed E-state index contributed by atoms with van der Waals surface area (Å²) in [5.74, 6) is 1.36. The molecule has 1 fully saturated rings. The fraction of sp³-hybridized carbons (Fsp3) is 0.833. The molecule has 0 spiro atoms. The van der Waals surface area contributed by atoms with Crippen LogP contribution < -0.4 is 5.73 Å². The van der Waals surface area contributed by atoms with E-state index >= 15 is 0 Å². The van der Waals surface area contributed by atoms with Crippen LogP contribution in [0.2, 0.25) is 0 Å². The van der Waals surface area contributed by atoms with Gasteiger partial charge in [-0.1, -0.05) is 12.1 Å². The Labute approximate surface area is 107 Å². The van der Waals surface area contributed by atoms with Crippen LogP contribution in [0.5, 0.6) is 0 Å². The molecule has 0 aromatic carbocycles. The maximum absolute atomic E-state index is 5.92. The maximum atomic E-state index is 5.92. The van der Waals surface area contributed by atoms with Gasteiger partial charge in [0, 0.05) is 13.2 Å². The summed E-state index contributed by atoms with van der Waals surface area (Å²) in [6, 6.07) is -0.329. The van der Waals surface area contributed by atoms with Crippen LogP contribution in [0, 0.1) is 0 Å². The van der Waals surface area contributed by atoms with Crippen LogP contribution >= 0.6 is 0 Å². The molecule has 3 atom stereocenters. The zero-order valence-electron chi connectivity index (χ0n) is 11.0. The minimum atomic E-state index is -0.329. The molecule has 1 aromatic rings. The third-order valence-electron chi connectivity index (χ3n) is 3.22. The van der Waals surface area contributed by atoms with Crippen molar-refractivity contribution in [2.45, 2.75) is 44.8 Å². The fourth-order valence-corrected chi connectivity index (χ4v) is 2.20. The van der Waals surface area contributed by atoms with Gasteiger partial charge in [-0.05, 0) is 19.8 Å². The van der Waals surface area contributed by atoms with Gasteiger partial charge in [0.2, 0.25) is 5.89 Å². The average molecular weight is 255 g/mol. The van der Waals surface area contributed by atoms with Gasteiger partial charge in [-0.25, -0.2) is 0 Å². The van der Waals surface area contributed by atoms with Crippen LogP contribution in [0.25, 0.3) is 0 Å². The van der Waals surface area contributed by atoms with Gasteiger partial charge in [-0.15, -0.1) is 0 Å². The Kier molecular flexibility index (Phi) is 4.68. The Hall–Kier alpha value is -0.980. The first-order valence-corrected chi connectivity index (χ1v) is 6.54. The second-order valence-corrected chi connectivity index (χ2v) is 4.47. The summed E-state index contributed by atoms with van der Waals surface area (Å²) in [4.78, 5) is 4.38. The summed E-state index contributed by atoms with van der Waals surface area (Å²) >= 11 is 0. The summed E-state index contributed by atoms with van der Waals surface area (Å²) in [5.41, 5.74) is 5.92. The standard InChI is InChI=1S/C12H21N3O3/c1-3-10-8(5-6-17-10)12-14-11(15-18-12)9(13)7-16-4-2/h8-10H,3-7,13H2,1-2H3. The van der Waals surface area contributed by atoms with Crippen LogP contribution in [0.3, 0.4) is 0 Å². The van der Waals surface area contributed by atoms with Crippen molar-refractivity contribution in [3.05, 3.63) is 11.7 Å². The highest BCUT2D eigenvalue weighted by atomic mass is 16.5. The Morgan fingerprint density at radius 2 is 2.33 bits per heavy atom. The van der Waals surface area contributed by atoms with Crippen molar-refractivity contribution >= 4 is 0 Å². The monoisotopic (exact) mass is 255 g/mol. The summed E-state index contributed by atoms with van der Waals surface area (Å²) < 4.78 is 16.2. The van der Waals surface area contributed by atoms with E-state index in [0.29, 0.717) is 24.9 Å². The molecular weight excluding hydrogens is 234 g/mol. The molecule has 1 aromatic heterocycles. The first-order valence-electron chi connectivity index (χ1n) is 6.54. The number of ether oxygens (including phenoxy) is 2. The molecule has 0 radical (unpaired) electrons. The molecule has 18 heavy (non-hydrogen) atoms. The molecular formula is C12H21N3O3. The van der Waals surface area contributed by atoms with Gasteiger partial charge in [0.05, 0.1) is 24.7 Å². The van der Waals surface area contributed by atoms with Crippen molar-refractivity contribution in [1.82, 2.24) is 10.1 Å². The van der Waals surface area contributed by atoms with E-state index in [2.05, 4.69) is 17.1 Å². The molecule has 2 heterocycles. The molecule has 0 saturated carbocycles. The zero-order chi connectivity index (χ0) is 13.0. The highest BCUT2D eigenvalue weighted by molar-refractivity contribution is 5.02. The van der Waals surface area contributed by atoms with E-state index in [0.717, 1.165) is 19.4 Å². The van der Waals surface area contributed by atoms with Gasteiger partial charge < -0.3 is 19.7 Å². The molecule has 6 heteroatoms. The molecule has 1 aliphatic rings. The molecule has 1 aliphatic heterocycles. The lowest BCUT2D eigenvalue weighted by atomic mass is 10.00. The van der Waals surface area contributed by atoms with E-state index in [-0.39, 0.29) is 18.1 Å². The van der Waals surface area contributed by atoms with Gasteiger partial charge >= 0.3 is 0 Å². The van der Waals surface area contributed by atoms with E-state index in [1.807, 2.05) is 6.92 Å². The molecule has 0 bridgehead atoms. The van der Waals surface area contributed by atoms with Gasteiger partial charge in [0.1, 0.15) is 0 Å². The minimum Gasteiger partial charge on any atom is -0.380 e. The van der Waals surface area contributed by atoms with Crippen molar-refractivity contribution in [1.29, 1.82) is 0 Å². The molecule has 2 N–H and O–H groups in total. The summed E-state index contributed by atoms with van der Waals surface area (Å²) in [6.07, 6.45) is 2.07. The second-order valence-electron chi connectivity index (χ2n) is 4.47. The molecule has 1 saturated heterocycles. The maximum Gasteiger partial charge on any atom is 0.232 e. The molecule has 0 amide bonds. The van der Waals surface area contributed by atoms with Crippen molar-refractivity contribution < 1.29 is 14.0 Å². The Morgan fingerprint density at radius 1 is 1.50 bits per heavy atom. The highest BCUT2D eigenvalue weighted by Gasteiger charge is 2.33. The number of hydrogen-bond donors (Lipinski definition) is 1. The predicted octanol–water partition coefficient (Wildman–Crippen LogP) is 1.39. The average Bonchev–Trinajstić information content (AvgIpc) is 3.02. The van der Waals surface area contributed by atoms with Gasteiger partial charge in [-0.3, -0.25) is 0 Å². The summed E-state index contributed by atoms with van der Waals surface area (Å²) in [5, 5.41) is 3.94. The Bertz CT molecular complexity index is 369. The van der Waals surface area contributed by atoms with E-state index in [1.165, 1.54) is 0 Å². The minimum absolute atomic E-state index is 0.182. The fourth-order valence-electron chi connectivity index (χ4n) is 2.20. The van der Waals surface area contributed by atoms with E-state index < -0.39 is 0 Å². The molecule has 6 nitrogen and oxygen atoms in total. The molecule has 102 valence electrons. The third kappa shape index (κ3) is 2.88. The van der Waals surface area contributed by atoms with Crippen LogP contribution in [-0.4, -0.2) is 36.1 Å². The SMILES string of the molecule is CCOCC(N)c1noc(C2CCOC2CC)n1. The summed E-state index contributed by atoms with van der Waals surface area (Å²) in [7, 11) is 0. The largest absolute Gasteiger partial charge is 0.380 e. The second kappa shape index (κ2) is 6.26. The first-order chi connectivity index (χ1) is 8.76. The molecule has 0 aliphatic carbocycles. The number of aromatic nitrogens is 2. The van der Waals surface area contributed by atoms with Gasteiger partial charge in [0.25, 0.3) is 0 Å².